The van der Waals surface area contributed by atoms with E-state index < -0.39 is 0 Å². The average molecular weight is 249 g/mol. The van der Waals surface area contributed by atoms with Crippen LogP contribution in [0.15, 0.2) is 24.5 Å². The molecule has 1 aromatic heterocycles. The van der Waals surface area contributed by atoms with Crippen LogP contribution < -0.4 is 5.32 Å². The number of pyridine rings is 1. The topological polar surface area (TPSA) is 45.2 Å². The number of rotatable bonds is 5. The van der Waals surface area contributed by atoms with Crippen molar-refractivity contribution in [2.24, 2.45) is 0 Å². The van der Waals surface area contributed by atoms with Crippen molar-refractivity contribution >= 4 is 5.91 Å². The Balaban J connectivity index is 2.34. The summed E-state index contributed by atoms with van der Waals surface area (Å²) in [4.78, 5) is 17.7. The molecule has 0 saturated carbocycles. The van der Waals surface area contributed by atoms with E-state index in [-0.39, 0.29) is 11.4 Å². The number of carbonyl (C=O) groups is 1. The number of nitrogens with zero attached hydrogens (tertiary/aromatic N) is 2. The molecular formula is C14H23N3O. The van der Waals surface area contributed by atoms with Gasteiger partial charge >= 0.3 is 0 Å². The smallest absolute Gasteiger partial charge is 0.223 e. The average Bonchev–Trinajstić information content (AvgIpc) is 2.28. The Morgan fingerprint density at radius 2 is 2.17 bits per heavy atom. The minimum atomic E-state index is 0.0577. The maximum absolute atomic E-state index is 11.9. The molecule has 1 aromatic rings. The van der Waals surface area contributed by atoms with Crippen molar-refractivity contribution < 1.29 is 4.79 Å². The van der Waals surface area contributed by atoms with Gasteiger partial charge in [0.25, 0.3) is 0 Å². The molecule has 0 unspecified atom stereocenters. The Bertz CT molecular complexity index is 370. The monoisotopic (exact) mass is 249 g/mol. The summed E-state index contributed by atoms with van der Waals surface area (Å²) in [6, 6.07) is 3.86. The quantitative estimate of drug-likeness (QED) is 0.865. The van der Waals surface area contributed by atoms with Gasteiger partial charge in [-0.05, 0) is 32.4 Å². The zero-order valence-electron chi connectivity index (χ0n) is 11.7. The van der Waals surface area contributed by atoms with Crippen molar-refractivity contribution in [3.8, 4) is 0 Å². The molecule has 1 rings (SSSR count). The van der Waals surface area contributed by atoms with E-state index in [1.165, 1.54) is 0 Å². The molecule has 1 N–H and O–H groups in total. The van der Waals surface area contributed by atoms with E-state index >= 15 is 0 Å². The van der Waals surface area contributed by atoms with Gasteiger partial charge in [-0.3, -0.25) is 9.78 Å². The minimum absolute atomic E-state index is 0.0577. The van der Waals surface area contributed by atoms with Crippen molar-refractivity contribution in [2.45, 2.75) is 39.3 Å². The highest BCUT2D eigenvalue weighted by Crippen LogP contribution is 2.03. The van der Waals surface area contributed by atoms with Crippen LogP contribution in [0.2, 0.25) is 0 Å². The number of amides is 1. The fraction of sp³-hybridized carbons (Fsp3) is 0.571. The predicted octanol–water partition coefficient (Wildman–Crippen LogP) is 1.82. The van der Waals surface area contributed by atoms with E-state index in [1.807, 2.05) is 19.2 Å². The molecule has 0 radical (unpaired) electrons. The Morgan fingerprint density at radius 3 is 2.72 bits per heavy atom. The number of hydrogen-bond acceptors (Lipinski definition) is 3. The molecule has 0 saturated heterocycles. The van der Waals surface area contributed by atoms with Gasteiger partial charge in [0, 0.05) is 44.5 Å². The number of aromatic nitrogens is 1. The van der Waals surface area contributed by atoms with E-state index in [9.17, 15) is 4.79 Å². The second kappa shape index (κ2) is 6.50. The van der Waals surface area contributed by atoms with Crippen molar-refractivity contribution in [1.29, 1.82) is 0 Å². The van der Waals surface area contributed by atoms with Gasteiger partial charge in [-0.15, -0.1) is 0 Å². The lowest BCUT2D eigenvalue weighted by Gasteiger charge is -2.22. The third-order valence-corrected chi connectivity index (χ3v) is 2.56. The van der Waals surface area contributed by atoms with Crippen molar-refractivity contribution in [3.63, 3.8) is 0 Å². The van der Waals surface area contributed by atoms with Crippen LogP contribution in [0.25, 0.3) is 0 Å². The van der Waals surface area contributed by atoms with Gasteiger partial charge in [-0.1, -0.05) is 6.07 Å². The molecule has 0 fully saturated rings. The molecule has 1 heterocycles. The van der Waals surface area contributed by atoms with Gasteiger partial charge in [-0.2, -0.15) is 0 Å². The number of nitrogens with one attached hydrogen (secondary N) is 1. The fourth-order valence-electron chi connectivity index (χ4n) is 1.59. The molecule has 0 bridgehead atoms. The highest BCUT2D eigenvalue weighted by molar-refractivity contribution is 5.76. The van der Waals surface area contributed by atoms with E-state index in [1.54, 1.807) is 17.3 Å². The number of hydrogen-bond donors (Lipinski definition) is 1. The summed E-state index contributed by atoms with van der Waals surface area (Å²) >= 11 is 0. The van der Waals surface area contributed by atoms with E-state index in [0.717, 1.165) is 5.56 Å². The lowest BCUT2D eigenvalue weighted by molar-refractivity contribution is -0.130. The first-order chi connectivity index (χ1) is 8.38. The first-order valence-electron chi connectivity index (χ1n) is 6.26. The van der Waals surface area contributed by atoms with Crippen molar-refractivity contribution in [1.82, 2.24) is 15.2 Å². The summed E-state index contributed by atoms with van der Waals surface area (Å²) in [5, 5.41) is 3.31. The van der Waals surface area contributed by atoms with Gasteiger partial charge < -0.3 is 10.2 Å². The van der Waals surface area contributed by atoms with Crippen LogP contribution in [0.5, 0.6) is 0 Å². The standard InChI is InChI=1S/C14H23N3O/c1-14(2,3)16-9-7-13(18)17(4)11-12-6-5-8-15-10-12/h5-6,8,10,16H,7,9,11H2,1-4H3. The van der Waals surface area contributed by atoms with Crippen molar-refractivity contribution in [3.05, 3.63) is 30.1 Å². The largest absolute Gasteiger partial charge is 0.341 e. The summed E-state index contributed by atoms with van der Waals surface area (Å²) in [5.74, 6) is 0.149. The molecule has 100 valence electrons. The van der Waals surface area contributed by atoms with Crippen LogP contribution in [0.3, 0.4) is 0 Å². The van der Waals surface area contributed by atoms with Crippen LogP contribution in [0.4, 0.5) is 0 Å². The lowest BCUT2D eigenvalue weighted by Crippen LogP contribution is -2.38. The molecule has 0 atom stereocenters. The van der Waals surface area contributed by atoms with Crippen LogP contribution >= 0.6 is 0 Å². The van der Waals surface area contributed by atoms with E-state index in [2.05, 4.69) is 31.1 Å². The van der Waals surface area contributed by atoms with Gasteiger partial charge in [0.2, 0.25) is 5.91 Å². The lowest BCUT2D eigenvalue weighted by atomic mass is 10.1. The van der Waals surface area contributed by atoms with Gasteiger partial charge in [0.1, 0.15) is 0 Å². The Morgan fingerprint density at radius 1 is 1.44 bits per heavy atom. The Kier molecular flexibility index (Phi) is 5.28. The first kappa shape index (κ1) is 14.6. The van der Waals surface area contributed by atoms with Crippen LogP contribution in [-0.2, 0) is 11.3 Å². The molecule has 0 aromatic carbocycles. The summed E-state index contributed by atoms with van der Waals surface area (Å²) in [7, 11) is 1.83. The highest BCUT2D eigenvalue weighted by Gasteiger charge is 2.12. The van der Waals surface area contributed by atoms with Gasteiger partial charge in [-0.25, -0.2) is 0 Å². The summed E-state index contributed by atoms with van der Waals surface area (Å²) in [6.45, 7) is 7.60. The van der Waals surface area contributed by atoms with Crippen molar-refractivity contribution in [2.75, 3.05) is 13.6 Å². The maximum atomic E-state index is 11.9. The Labute approximate surface area is 109 Å². The SMILES string of the molecule is CN(Cc1cccnc1)C(=O)CCNC(C)(C)C. The molecule has 4 nitrogen and oxygen atoms in total. The fourth-order valence-corrected chi connectivity index (χ4v) is 1.59. The summed E-state index contributed by atoms with van der Waals surface area (Å²) in [5.41, 5.74) is 1.11. The molecule has 0 aliphatic rings. The Hall–Kier alpha value is -1.42. The normalized spacial score (nSPS) is 11.3. The van der Waals surface area contributed by atoms with Crippen LogP contribution in [0.1, 0.15) is 32.8 Å². The molecule has 1 amide bonds. The second-order valence-corrected chi connectivity index (χ2v) is 5.54. The first-order valence-corrected chi connectivity index (χ1v) is 6.26. The van der Waals surface area contributed by atoms with Crippen LogP contribution in [0, 0.1) is 0 Å². The predicted molar refractivity (Wildman–Crippen MR) is 73.1 cm³/mol. The second-order valence-electron chi connectivity index (χ2n) is 5.54. The minimum Gasteiger partial charge on any atom is -0.341 e. The molecule has 0 aliphatic carbocycles. The summed E-state index contributed by atoms with van der Waals surface area (Å²) in [6.07, 6.45) is 4.05. The van der Waals surface area contributed by atoms with Crippen LogP contribution in [-0.4, -0.2) is 34.9 Å². The zero-order chi connectivity index (χ0) is 13.6. The molecule has 0 spiro atoms. The third kappa shape index (κ3) is 5.77. The van der Waals surface area contributed by atoms with E-state index in [0.29, 0.717) is 19.5 Å². The molecular weight excluding hydrogens is 226 g/mol. The zero-order valence-corrected chi connectivity index (χ0v) is 11.7. The van der Waals surface area contributed by atoms with Gasteiger partial charge in [0.15, 0.2) is 0 Å². The molecule has 4 heteroatoms. The molecule has 0 aliphatic heterocycles. The molecule has 18 heavy (non-hydrogen) atoms. The highest BCUT2D eigenvalue weighted by atomic mass is 16.2. The summed E-state index contributed by atoms with van der Waals surface area (Å²) < 4.78 is 0. The maximum Gasteiger partial charge on any atom is 0.223 e. The van der Waals surface area contributed by atoms with E-state index in [4.69, 9.17) is 0 Å². The third-order valence-electron chi connectivity index (χ3n) is 2.56. The number of carbonyl (C=O) groups excluding carboxylic acids is 1. The van der Waals surface area contributed by atoms with Gasteiger partial charge in [0.05, 0.1) is 0 Å².